The van der Waals surface area contributed by atoms with E-state index >= 15 is 0 Å². The summed E-state index contributed by atoms with van der Waals surface area (Å²) in [6.07, 6.45) is 2.36. The molecule has 3 unspecified atom stereocenters. The van der Waals surface area contributed by atoms with E-state index in [1.165, 1.54) is 0 Å². The number of rotatable bonds is 7. The second-order valence-corrected chi connectivity index (χ2v) is 10.2. The molecule has 0 heterocycles. The Bertz CT molecular complexity index is 1070. The predicted molar refractivity (Wildman–Crippen MR) is 133 cm³/mol. The molecule has 7 heteroatoms. The highest BCUT2D eigenvalue weighted by molar-refractivity contribution is 5.86. The molecular weight excluding hydrogens is 444 g/mol. The highest BCUT2D eigenvalue weighted by atomic mass is 16.5. The zero-order valence-corrected chi connectivity index (χ0v) is 20.5. The quantitative estimate of drug-likeness (QED) is 0.535. The molecule has 0 bridgehead atoms. The van der Waals surface area contributed by atoms with Crippen LogP contribution in [-0.4, -0.2) is 41.3 Å². The second kappa shape index (κ2) is 10.1. The predicted octanol–water partition coefficient (Wildman–Crippen LogP) is 4.70. The van der Waals surface area contributed by atoms with Crippen molar-refractivity contribution >= 4 is 18.0 Å². The van der Waals surface area contributed by atoms with Crippen LogP contribution in [-0.2, 0) is 14.3 Å². The second-order valence-electron chi connectivity index (χ2n) is 10.2. The molecular formula is C28H34N2O5. The van der Waals surface area contributed by atoms with Crippen LogP contribution in [0.25, 0.3) is 11.1 Å². The minimum Gasteiger partial charge on any atom is -0.480 e. The third kappa shape index (κ3) is 5.04. The number of amides is 2. The number of carbonyl (C=O) groups excluding carboxylic acids is 2. The zero-order chi connectivity index (χ0) is 25.2. The molecule has 7 nitrogen and oxygen atoms in total. The highest BCUT2D eigenvalue weighted by Gasteiger charge is 2.44. The Kier molecular flexibility index (Phi) is 7.15. The number of carboxylic acid groups (broad SMARTS) is 1. The van der Waals surface area contributed by atoms with Gasteiger partial charge in [-0.15, -0.1) is 0 Å². The molecule has 35 heavy (non-hydrogen) atoms. The first-order chi connectivity index (χ1) is 16.7. The van der Waals surface area contributed by atoms with Crippen molar-refractivity contribution < 1.29 is 24.2 Å². The molecule has 0 spiro atoms. The summed E-state index contributed by atoms with van der Waals surface area (Å²) in [5.74, 6) is -2.23. The van der Waals surface area contributed by atoms with E-state index < -0.39 is 29.6 Å². The van der Waals surface area contributed by atoms with Crippen LogP contribution in [0.1, 0.15) is 63.5 Å². The van der Waals surface area contributed by atoms with E-state index in [1.54, 1.807) is 13.8 Å². The van der Waals surface area contributed by atoms with Gasteiger partial charge in [-0.1, -0.05) is 75.2 Å². The smallest absolute Gasteiger partial charge is 0.407 e. The Morgan fingerprint density at radius 2 is 1.63 bits per heavy atom. The van der Waals surface area contributed by atoms with Gasteiger partial charge in [0.2, 0.25) is 5.91 Å². The lowest BCUT2D eigenvalue weighted by atomic mass is 9.73. The van der Waals surface area contributed by atoms with Gasteiger partial charge in [0.05, 0.1) is 11.5 Å². The van der Waals surface area contributed by atoms with Crippen molar-refractivity contribution in [1.29, 1.82) is 0 Å². The van der Waals surface area contributed by atoms with Gasteiger partial charge in [-0.3, -0.25) is 4.79 Å². The zero-order valence-electron chi connectivity index (χ0n) is 20.5. The molecule has 186 valence electrons. The van der Waals surface area contributed by atoms with Gasteiger partial charge in [0.15, 0.2) is 0 Å². The van der Waals surface area contributed by atoms with E-state index in [0.29, 0.717) is 12.8 Å². The van der Waals surface area contributed by atoms with E-state index in [1.807, 2.05) is 31.2 Å². The number of hydrogen-bond donors (Lipinski definition) is 3. The van der Waals surface area contributed by atoms with E-state index in [0.717, 1.165) is 35.1 Å². The highest BCUT2D eigenvalue weighted by Crippen LogP contribution is 2.44. The molecule has 1 saturated carbocycles. The van der Waals surface area contributed by atoms with Gasteiger partial charge >= 0.3 is 12.1 Å². The lowest BCUT2D eigenvalue weighted by molar-refractivity contribution is -0.144. The maximum absolute atomic E-state index is 13.1. The monoisotopic (exact) mass is 478 g/mol. The summed E-state index contributed by atoms with van der Waals surface area (Å²) in [6, 6.07) is 15.3. The van der Waals surface area contributed by atoms with Gasteiger partial charge in [0.25, 0.3) is 0 Å². The van der Waals surface area contributed by atoms with E-state index in [2.05, 4.69) is 34.9 Å². The van der Waals surface area contributed by atoms with Crippen molar-refractivity contribution in [3.63, 3.8) is 0 Å². The summed E-state index contributed by atoms with van der Waals surface area (Å²) < 4.78 is 5.72. The van der Waals surface area contributed by atoms with Crippen molar-refractivity contribution in [2.75, 3.05) is 6.61 Å². The summed E-state index contributed by atoms with van der Waals surface area (Å²) >= 11 is 0. The van der Waals surface area contributed by atoms with Crippen molar-refractivity contribution in [3.8, 4) is 11.1 Å². The molecule has 0 aliphatic heterocycles. The minimum absolute atomic E-state index is 0.0474. The van der Waals surface area contributed by atoms with Crippen molar-refractivity contribution in [3.05, 3.63) is 59.7 Å². The molecule has 1 fully saturated rings. The summed E-state index contributed by atoms with van der Waals surface area (Å²) in [7, 11) is 0. The Morgan fingerprint density at radius 3 is 2.20 bits per heavy atom. The van der Waals surface area contributed by atoms with Gasteiger partial charge in [-0.25, -0.2) is 9.59 Å². The summed E-state index contributed by atoms with van der Waals surface area (Å²) in [6.45, 7) is 5.56. The SMILES string of the molecule is CC(C)C(NC(=O)C1CCCCC1(C)NC(=O)OCC1c2ccccc2-c2ccccc21)C(=O)O. The Morgan fingerprint density at radius 1 is 1.03 bits per heavy atom. The first-order valence-electron chi connectivity index (χ1n) is 12.4. The third-order valence-corrected chi connectivity index (χ3v) is 7.49. The molecule has 4 rings (SSSR count). The number of hydrogen-bond acceptors (Lipinski definition) is 4. The minimum atomic E-state index is -1.06. The summed E-state index contributed by atoms with van der Waals surface area (Å²) in [5.41, 5.74) is 3.77. The molecule has 3 N–H and O–H groups in total. The van der Waals surface area contributed by atoms with Gasteiger partial charge in [0, 0.05) is 5.92 Å². The van der Waals surface area contributed by atoms with E-state index in [9.17, 15) is 19.5 Å². The largest absolute Gasteiger partial charge is 0.480 e. The van der Waals surface area contributed by atoms with Crippen LogP contribution in [0.4, 0.5) is 4.79 Å². The summed E-state index contributed by atoms with van der Waals surface area (Å²) in [5, 5.41) is 15.1. The molecule has 0 radical (unpaired) electrons. The molecule has 2 amide bonds. The lowest BCUT2D eigenvalue weighted by Crippen LogP contribution is -2.59. The average molecular weight is 479 g/mol. The van der Waals surface area contributed by atoms with Crippen LogP contribution in [0, 0.1) is 11.8 Å². The van der Waals surface area contributed by atoms with Crippen LogP contribution >= 0.6 is 0 Å². The number of nitrogens with one attached hydrogen (secondary N) is 2. The fourth-order valence-corrected chi connectivity index (χ4v) is 5.54. The van der Waals surface area contributed by atoms with E-state index in [-0.39, 0.29) is 24.3 Å². The van der Waals surface area contributed by atoms with Gasteiger partial charge in [0.1, 0.15) is 12.6 Å². The Labute approximate surface area is 206 Å². The standard InChI is InChI=1S/C28H34N2O5/c1-17(2)24(26(32)33)29-25(31)23-14-8-9-15-28(23,3)30-27(34)35-16-22-20-12-6-4-10-18(20)19-11-5-7-13-21(19)22/h4-7,10-13,17,22-24H,8-9,14-16H2,1-3H3,(H,29,31)(H,30,34)(H,32,33). The molecule has 2 aliphatic carbocycles. The van der Waals surface area contributed by atoms with Crippen LogP contribution in [0.2, 0.25) is 0 Å². The molecule has 3 atom stereocenters. The van der Waals surface area contributed by atoms with Gasteiger partial charge in [-0.05, 0) is 47.9 Å². The van der Waals surface area contributed by atoms with Crippen LogP contribution in [0.15, 0.2) is 48.5 Å². The fraction of sp³-hybridized carbons (Fsp3) is 0.464. The molecule has 0 saturated heterocycles. The van der Waals surface area contributed by atoms with Crippen LogP contribution in [0.5, 0.6) is 0 Å². The number of carboxylic acids is 1. The van der Waals surface area contributed by atoms with Crippen LogP contribution < -0.4 is 10.6 Å². The number of aliphatic carboxylic acids is 1. The normalized spacial score (nSPS) is 22.1. The molecule has 2 aromatic rings. The Hall–Kier alpha value is -3.35. The van der Waals surface area contributed by atoms with E-state index in [4.69, 9.17) is 4.74 Å². The fourth-order valence-electron chi connectivity index (χ4n) is 5.54. The number of ether oxygens (including phenoxy) is 1. The lowest BCUT2D eigenvalue weighted by Gasteiger charge is -2.41. The summed E-state index contributed by atoms with van der Waals surface area (Å²) in [4.78, 5) is 37.6. The van der Waals surface area contributed by atoms with Crippen LogP contribution in [0.3, 0.4) is 0 Å². The number of alkyl carbamates (subject to hydrolysis) is 1. The molecule has 2 aliphatic rings. The maximum atomic E-state index is 13.1. The first kappa shape index (κ1) is 24.8. The van der Waals surface area contributed by atoms with Crippen molar-refractivity contribution in [2.45, 2.75) is 64.0 Å². The molecule has 0 aromatic heterocycles. The van der Waals surface area contributed by atoms with Crippen molar-refractivity contribution in [2.24, 2.45) is 11.8 Å². The first-order valence-corrected chi connectivity index (χ1v) is 12.4. The average Bonchev–Trinajstić information content (AvgIpc) is 3.14. The van der Waals surface area contributed by atoms with Gasteiger partial charge < -0.3 is 20.5 Å². The van der Waals surface area contributed by atoms with Crippen molar-refractivity contribution in [1.82, 2.24) is 10.6 Å². The molecule has 2 aromatic carbocycles. The van der Waals surface area contributed by atoms with Gasteiger partial charge in [-0.2, -0.15) is 0 Å². The number of carbonyl (C=O) groups is 3. The Balaban J connectivity index is 1.44. The third-order valence-electron chi connectivity index (χ3n) is 7.49. The topological polar surface area (TPSA) is 105 Å². The number of benzene rings is 2. The number of fused-ring (bicyclic) bond motifs is 3. The maximum Gasteiger partial charge on any atom is 0.407 e.